The molecule has 2 aromatic heterocycles. The van der Waals surface area contributed by atoms with Gasteiger partial charge in [0.25, 0.3) is 5.89 Å². The third-order valence-electron chi connectivity index (χ3n) is 3.23. The zero-order valence-corrected chi connectivity index (χ0v) is 12.2. The van der Waals surface area contributed by atoms with Crippen LogP contribution in [0.2, 0.25) is 0 Å². The van der Waals surface area contributed by atoms with E-state index in [0.717, 1.165) is 19.6 Å². The van der Waals surface area contributed by atoms with E-state index in [1.165, 1.54) is 0 Å². The molecule has 7 heteroatoms. The molecule has 1 aliphatic rings. The summed E-state index contributed by atoms with van der Waals surface area (Å²) in [7, 11) is 0. The number of furan rings is 1. The first-order chi connectivity index (χ1) is 9.22. The van der Waals surface area contributed by atoms with Crippen LogP contribution in [-0.2, 0) is 6.54 Å². The zero-order valence-electron chi connectivity index (χ0n) is 10.6. The minimum absolute atomic E-state index is 0.420. The number of hydrogen-bond donors (Lipinski definition) is 1. The molecule has 0 spiro atoms. The monoisotopic (exact) mass is 326 g/mol. The van der Waals surface area contributed by atoms with Gasteiger partial charge < -0.3 is 14.2 Å². The molecule has 3 heterocycles. The van der Waals surface area contributed by atoms with Crippen LogP contribution in [-0.4, -0.2) is 40.8 Å². The summed E-state index contributed by atoms with van der Waals surface area (Å²) in [6.45, 7) is 5.85. The van der Waals surface area contributed by atoms with Gasteiger partial charge in [-0.15, -0.1) is 10.2 Å². The number of rotatable bonds is 3. The van der Waals surface area contributed by atoms with E-state index < -0.39 is 0 Å². The van der Waals surface area contributed by atoms with E-state index in [-0.39, 0.29) is 0 Å². The van der Waals surface area contributed by atoms with Gasteiger partial charge in [0.05, 0.1) is 6.54 Å². The van der Waals surface area contributed by atoms with Crippen LogP contribution < -0.4 is 5.32 Å². The third-order valence-corrected chi connectivity index (χ3v) is 3.65. The summed E-state index contributed by atoms with van der Waals surface area (Å²) in [4.78, 5) is 2.33. The van der Waals surface area contributed by atoms with E-state index in [1.54, 1.807) is 12.1 Å². The number of hydrogen-bond acceptors (Lipinski definition) is 6. The van der Waals surface area contributed by atoms with Gasteiger partial charge in [-0.05, 0) is 35.0 Å². The maximum atomic E-state index is 5.64. The van der Waals surface area contributed by atoms with E-state index in [0.29, 0.717) is 34.8 Å². The zero-order chi connectivity index (χ0) is 13.2. The van der Waals surface area contributed by atoms with E-state index in [9.17, 15) is 0 Å². The Morgan fingerprint density at radius 2 is 2.32 bits per heavy atom. The van der Waals surface area contributed by atoms with E-state index in [2.05, 4.69) is 43.3 Å². The van der Waals surface area contributed by atoms with Crippen LogP contribution in [0, 0.1) is 0 Å². The predicted molar refractivity (Wildman–Crippen MR) is 72.4 cm³/mol. The summed E-state index contributed by atoms with van der Waals surface area (Å²) >= 11 is 3.25. The highest BCUT2D eigenvalue weighted by Crippen LogP contribution is 2.24. The minimum atomic E-state index is 0.420. The highest BCUT2D eigenvalue weighted by Gasteiger charge is 2.21. The standard InChI is InChI=1S/C12H15BrN4O2/c1-8-6-14-4-5-17(8)7-11-15-16-12(19-11)9-2-3-10(13)18-9/h2-3,8,14H,4-7H2,1H3. The smallest absolute Gasteiger partial charge is 0.283 e. The van der Waals surface area contributed by atoms with Crippen molar-refractivity contribution in [1.29, 1.82) is 0 Å². The SMILES string of the molecule is CC1CNCCN1Cc1nnc(-c2ccc(Br)o2)o1. The van der Waals surface area contributed by atoms with Crippen LogP contribution in [0.25, 0.3) is 11.7 Å². The minimum Gasteiger partial charge on any atom is -0.444 e. The second-order valence-corrected chi connectivity index (χ2v) is 5.41. The highest BCUT2D eigenvalue weighted by atomic mass is 79.9. The summed E-state index contributed by atoms with van der Waals surface area (Å²) in [5.41, 5.74) is 0. The third kappa shape index (κ3) is 2.88. The second kappa shape index (κ2) is 5.44. The van der Waals surface area contributed by atoms with Crippen LogP contribution in [0.5, 0.6) is 0 Å². The fourth-order valence-corrected chi connectivity index (χ4v) is 2.44. The molecule has 1 N–H and O–H groups in total. The van der Waals surface area contributed by atoms with Gasteiger partial charge >= 0.3 is 0 Å². The van der Waals surface area contributed by atoms with Gasteiger partial charge in [-0.25, -0.2) is 0 Å². The lowest BCUT2D eigenvalue weighted by atomic mass is 10.2. The van der Waals surface area contributed by atoms with Crippen molar-refractivity contribution in [3.63, 3.8) is 0 Å². The van der Waals surface area contributed by atoms with Crippen LogP contribution in [0.15, 0.2) is 25.6 Å². The summed E-state index contributed by atoms with van der Waals surface area (Å²) in [6.07, 6.45) is 0. The fourth-order valence-electron chi connectivity index (χ4n) is 2.14. The molecule has 1 saturated heterocycles. The largest absolute Gasteiger partial charge is 0.444 e. The van der Waals surface area contributed by atoms with Gasteiger partial charge in [0.2, 0.25) is 5.89 Å². The van der Waals surface area contributed by atoms with Crippen molar-refractivity contribution >= 4 is 15.9 Å². The Morgan fingerprint density at radius 3 is 3.05 bits per heavy atom. The van der Waals surface area contributed by atoms with Crippen molar-refractivity contribution in [2.75, 3.05) is 19.6 Å². The molecule has 0 saturated carbocycles. The van der Waals surface area contributed by atoms with Crippen molar-refractivity contribution in [3.05, 3.63) is 22.7 Å². The second-order valence-electron chi connectivity index (χ2n) is 4.63. The van der Waals surface area contributed by atoms with Crippen molar-refractivity contribution < 1.29 is 8.83 Å². The van der Waals surface area contributed by atoms with Gasteiger partial charge in [0.15, 0.2) is 10.4 Å². The molecule has 0 radical (unpaired) electrons. The molecule has 102 valence electrons. The van der Waals surface area contributed by atoms with E-state index >= 15 is 0 Å². The molecule has 0 aliphatic carbocycles. The Kier molecular flexibility index (Phi) is 3.67. The number of aromatic nitrogens is 2. The average Bonchev–Trinajstić information content (AvgIpc) is 3.01. The molecule has 1 unspecified atom stereocenters. The molecule has 3 rings (SSSR count). The Bertz CT molecular complexity index is 553. The first-order valence-electron chi connectivity index (χ1n) is 6.25. The number of halogens is 1. The Hall–Kier alpha value is -1.18. The maximum Gasteiger partial charge on any atom is 0.283 e. The summed E-state index contributed by atoms with van der Waals surface area (Å²) in [5.74, 6) is 1.62. The van der Waals surface area contributed by atoms with Crippen LogP contribution in [0.1, 0.15) is 12.8 Å². The van der Waals surface area contributed by atoms with Crippen molar-refractivity contribution in [2.24, 2.45) is 0 Å². The molecule has 0 aromatic carbocycles. The molecule has 6 nitrogen and oxygen atoms in total. The normalized spacial score (nSPS) is 20.8. The van der Waals surface area contributed by atoms with Crippen LogP contribution in [0.3, 0.4) is 0 Å². The molecular formula is C12H15BrN4O2. The van der Waals surface area contributed by atoms with E-state index in [1.807, 2.05) is 0 Å². The summed E-state index contributed by atoms with van der Waals surface area (Å²) in [5, 5.41) is 11.4. The average molecular weight is 327 g/mol. The quantitative estimate of drug-likeness (QED) is 0.929. The van der Waals surface area contributed by atoms with Gasteiger partial charge in [-0.2, -0.15) is 0 Å². The predicted octanol–water partition coefficient (Wildman–Crippen LogP) is 1.89. The van der Waals surface area contributed by atoms with Gasteiger partial charge in [-0.3, -0.25) is 4.90 Å². The lowest BCUT2D eigenvalue weighted by Gasteiger charge is -2.32. The summed E-state index contributed by atoms with van der Waals surface area (Å²) in [6, 6.07) is 4.08. The number of piperazine rings is 1. The Labute approximate surface area is 119 Å². The lowest BCUT2D eigenvalue weighted by molar-refractivity contribution is 0.151. The van der Waals surface area contributed by atoms with Gasteiger partial charge in [0.1, 0.15) is 0 Å². The number of nitrogens with zero attached hydrogens (tertiary/aromatic N) is 3. The highest BCUT2D eigenvalue weighted by molar-refractivity contribution is 9.10. The molecular weight excluding hydrogens is 312 g/mol. The van der Waals surface area contributed by atoms with Gasteiger partial charge in [-0.1, -0.05) is 0 Å². The van der Waals surface area contributed by atoms with Crippen molar-refractivity contribution in [3.8, 4) is 11.7 Å². The maximum absolute atomic E-state index is 5.64. The Morgan fingerprint density at radius 1 is 1.42 bits per heavy atom. The van der Waals surface area contributed by atoms with Crippen LogP contribution >= 0.6 is 15.9 Å². The first-order valence-corrected chi connectivity index (χ1v) is 7.04. The molecule has 1 fully saturated rings. The van der Waals surface area contributed by atoms with Crippen LogP contribution in [0.4, 0.5) is 0 Å². The van der Waals surface area contributed by atoms with Crippen molar-refractivity contribution in [2.45, 2.75) is 19.5 Å². The summed E-state index contributed by atoms with van der Waals surface area (Å²) < 4.78 is 11.7. The lowest BCUT2D eigenvalue weighted by Crippen LogP contribution is -2.49. The molecule has 1 aliphatic heterocycles. The first kappa shape index (κ1) is 12.8. The molecule has 0 bridgehead atoms. The Balaban J connectivity index is 1.71. The van der Waals surface area contributed by atoms with Crippen molar-refractivity contribution in [1.82, 2.24) is 20.4 Å². The van der Waals surface area contributed by atoms with Gasteiger partial charge in [0, 0.05) is 25.7 Å². The number of nitrogens with one attached hydrogen (secondary N) is 1. The fraction of sp³-hybridized carbons (Fsp3) is 0.500. The topological polar surface area (TPSA) is 67.3 Å². The molecule has 2 aromatic rings. The molecule has 0 amide bonds. The molecule has 19 heavy (non-hydrogen) atoms. The van der Waals surface area contributed by atoms with E-state index in [4.69, 9.17) is 8.83 Å². The molecule has 1 atom stereocenters.